The molecule has 1 aliphatic heterocycles. The highest BCUT2D eigenvalue weighted by Gasteiger charge is 2.29. The molecule has 1 aliphatic rings. The molecule has 1 saturated heterocycles. The summed E-state index contributed by atoms with van der Waals surface area (Å²) >= 11 is 0. The molecule has 21 heavy (non-hydrogen) atoms. The summed E-state index contributed by atoms with van der Waals surface area (Å²) in [4.78, 5) is 0. The average Bonchev–Trinajstić information content (AvgIpc) is 2.47. The first-order chi connectivity index (χ1) is 9.92. The number of hydrogen-bond donors (Lipinski definition) is 2. The van der Waals surface area contributed by atoms with Gasteiger partial charge >= 0.3 is 0 Å². The van der Waals surface area contributed by atoms with Crippen LogP contribution in [-0.2, 0) is 10.2 Å². The second-order valence-corrected chi connectivity index (χ2v) is 7.20. The summed E-state index contributed by atoms with van der Waals surface area (Å²) in [6.07, 6.45) is 1.80. The zero-order valence-electron chi connectivity index (χ0n) is 12.1. The van der Waals surface area contributed by atoms with Gasteiger partial charge in [0.05, 0.1) is 0 Å². The summed E-state index contributed by atoms with van der Waals surface area (Å²) in [5, 5.41) is 0. The van der Waals surface area contributed by atoms with Gasteiger partial charge in [-0.3, -0.25) is 0 Å². The Balaban J connectivity index is 2.04. The van der Waals surface area contributed by atoms with Crippen LogP contribution >= 0.6 is 0 Å². The Morgan fingerprint density at radius 1 is 1.43 bits per heavy atom. The second kappa shape index (κ2) is 6.83. The largest absolute Gasteiger partial charge is 0.330 e. The quantitative estimate of drug-likeness (QED) is 0.862. The lowest BCUT2D eigenvalue weighted by Crippen LogP contribution is -2.47. The van der Waals surface area contributed by atoms with E-state index in [2.05, 4.69) is 4.72 Å². The number of halogens is 1. The fraction of sp³-hybridized carbons (Fsp3) is 0.571. The molecule has 7 heteroatoms. The van der Waals surface area contributed by atoms with Crippen LogP contribution in [0.4, 0.5) is 4.39 Å². The van der Waals surface area contributed by atoms with Gasteiger partial charge in [0.25, 0.3) is 10.2 Å². The lowest BCUT2D eigenvalue weighted by Gasteiger charge is -2.32. The molecule has 0 saturated carbocycles. The van der Waals surface area contributed by atoms with Gasteiger partial charge in [-0.1, -0.05) is 12.1 Å². The minimum absolute atomic E-state index is 0.219. The molecule has 2 unspecified atom stereocenters. The van der Waals surface area contributed by atoms with E-state index in [1.165, 1.54) is 16.4 Å². The van der Waals surface area contributed by atoms with E-state index in [0.717, 1.165) is 18.4 Å². The summed E-state index contributed by atoms with van der Waals surface area (Å²) in [5.41, 5.74) is 6.37. The van der Waals surface area contributed by atoms with Crippen LogP contribution in [0.25, 0.3) is 0 Å². The number of nitrogens with one attached hydrogen (secondary N) is 1. The maximum atomic E-state index is 12.9. The van der Waals surface area contributed by atoms with Crippen LogP contribution in [-0.4, -0.2) is 32.4 Å². The van der Waals surface area contributed by atoms with E-state index in [1.807, 2.05) is 0 Å². The minimum Gasteiger partial charge on any atom is -0.330 e. The third-order valence-corrected chi connectivity index (χ3v) is 5.51. The predicted octanol–water partition coefficient (Wildman–Crippen LogP) is 1.39. The van der Waals surface area contributed by atoms with Crippen LogP contribution in [0, 0.1) is 11.7 Å². The zero-order chi connectivity index (χ0) is 15.5. The first kappa shape index (κ1) is 16.4. The molecule has 5 nitrogen and oxygen atoms in total. The van der Waals surface area contributed by atoms with Gasteiger partial charge in [-0.15, -0.1) is 0 Å². The van der Waals surface area contributed by atoms with Crippen molar-refractivity contribution in [3.63, 3.8) is 0 Å². The van der Waals surface area contributed by atoms with Gasteiger partial charge < -0.3 is 5.73 Å². The molecule has 3 N–H and O–H groups in total. The summed E-state index contributed by atoms with van der Waals surface area (Å²) in [7, 11) is -3.55. The van der Waals surface area contributed by atoms with E-state index < -0.39 is 16.3 Å². The third kappa shape index (κ3) is 4.23. The molecule has 0 radical (unpaired) electrons. The van der Waals surface area contributed by atoms with Crippen molar-refractivity contribution in [3.05, 3.63) is 35.6 Å². The van der Waals surface area contributed by atoms with E-state index in [0.29, 0.717) is 19.6 Å². The van der Waals surface area contributed by atoms with Crippen LogP contribution in [0.15, 0.2) is 24.3 Å². The van der Waals surface area contributed by atoms with Crippen molar-refractivity contribution in [1.82, 2.24) is 9.03 Å². The van der Waals surface area contributed by atoms with Crippen molar-refractivity contribution in [2.75, 3.05) is 19.6 Å². The standard InChI is InChI=1S/C14H22FN3O2S/c1-11(13-4-6-14(15)7-5-13)17-21(19,20)18-8-2-3-12(9-16)10-18/h4-7,11-12,17H,2-3,8-10,16H2,1H3. The van der Waals surface area contributed by atoms with Crippen LogP contribution in [0.3, 0.4) is 0 Å². The lowest BCUT2D eigenvalue weighted by molar-refractivity contribution is 0.267. The van der Waals surface area contributed by atoms with Gasteiger partial charge in [0.2, 0.25) is 0 Å². The fourth-order valence-electron chi connectivity index (χ4n) is 2.55. The molecule has 1 aromatic rings. The molecule has 1 aromatic carbocycles. The molecule has 0 spiro atoms. The SMILES string of the molecule is CC(NS(=O)(=O)N1CCCC(CN)C1)c1ccc(F)cc1. The van der Waals surface area contributed by atoms with E-state index in [9.17, 15) is 12.8 Å². The Kier molecular flexibility index (Phi) is 5.32. The monoisotopic (exact) mass is 315 g/mol. The third-order valence-electron chi connectivity index (χ3n) is 3.85. The molecule has 2 rings (SSSR count). The molecule has 2 atom stereocenters. The summed E-state index contributed by atoms with van der Waals surface area (Å²) < 4.78 is 41.8. The highest BCUT2D eigenvalue weighted by molar-refractivity contribution is 7.87. The first-order valence-electron chi connectivity index (χ1n) is 7.15. The van der Waals surface area contributed by atoms with Crippen molar-refractivity contribution in [3.8, 4) is 0 Å². The number of nitrogens with zero attached hydrogens (tertiary/aromatic N) is 1. The number of nitrogens with two attached hydrogens (primary N) is 1. The average molecular weight is 315 g/mol. The Morgan fingerprint density at radius 3 is 2.71 bits per heavy atom. The fourth-order valence-corrected chi connectivity index (χ4v) is 4.06. The molecule has 0 bridgehead atoms. The Hall–Kier alpha value is -1.02. The zero-order valence-corrected chi connectivity index (χ0v) is 12.9. The van der Waals surface area contributed by atoms with Crippen LogP contribution in [0.5, 0.6) is 0 Å². The normalized spacial score (nSPS) is 22.1. The van der Waals surface area contributed by atoms with Gasteiger partial charge in [-0.05, 0) is 49.9 Å². The Labute approximate surface area is 125 Å². The molecule has 0 aromatic heterocycles. The first-order valence-corrected chi connectivity index (χ1v) is 8.59. The number of piperidine rings is 1. The molecule has 0 amide bonds. The van der Waals surface area contributed by atoms with E-state index in [1.54, 1.807) is 19.1 Å². The van der Waals surface area contributed by atoms with Crippen molar-refractivity contribution in [1.29, 1.82) is 0 Å². The van der Waals surface area contributed by atoms with Crippen LogP contribution < -0.4 is 10.5 Å². The van der Waals surface area contributed by atoms with Crippen LogP contribution in [0.2, 0.25) is 0 Å². The van der Waals surface area contributed by atoms with Crippen molar-refractivity contribution in [2.45, 2.75) is 25.8 Å². The van der Waals surface area contributed by atoms with Gasteiger partial charge in [0, 0.05) is 19.1 Å². The summed E-state index contributed by atoms with van der Waals surface area (Å²) in [6.45, 7) is 3.22. The Morgan fingerprint density at radius 2 is 2.10 bits per heavy atom. The van der Waals surface area contributed by atoms with Gasteiger partial charge in [0.15, 0.2) is 0 Å². The Bertz CT molecular complexity index is 562. The highest BCUT2D eigenvalue weighted by Crippen LogP contribution is 2.20. The molecular weight excluding hydrogens is 293 g/mol. The predicted molar refractivity (Wildman–Crippen MR) is 80.2 cm³/mol. The number of benzene rings is 1. The van der Waals surface area contributed by atoms with Crippen molar-refractivity contribution >= 4 is 10.2 Å². The molecule has 1 heterocycles. The minimum atomic E-state index is -3.55. The maximum absolute atomic E-state index is 12.9. The number of rotatable bonds is 5. The van der Waals surface area contributed by atoms with Crippen molar-refractivity contribution < 1.29 is 12.8 Å². The van der Waals surface area contributed by atoms with Gasteiger partial charge in [-0.25, -0.2) is 4.39 Å². The lowest BCUT2D eigenvalue weighted by atomic mass is 10.0. The summed E-state index contributed by atoms with van der Waals surface area (Å²) in [5.74, 6) is -0.118. The maximum Gasteiger partial charge on any atom is 0.280 e. The van der Waals surface area contributed by atoms with Crippen LogP contribution in [0.1, 0.15) is 31.4 Å². The van der Waals surface area contributed by atoms with Gasteiger partial charge in [-0.2, -0.15) is 17.4 Å². The smallest absolute Gasteiger partial charge is 0.280 e. The van der Waals surface area contributed by atoms with E-state index in [-0.39, 0.29) is 11.7 Å². The van der Waals surface area contributed by atoms with Crippen molar-refractivity contribution in [2.24, 2.45) is 11.7 Å². The topological polar surface area (TPSA) is 75.4 Å². The second-order valence-electron chi connectivity index (χ2n) is 5.50. The molecule has 1 fully saturated rings. The molecule has 0 aliphatic carbocycles. The van der Waals surface area contributed by atoms with Gasteiger partial charge in [0.1, 0.15) is 5.82 Å². The van der Waals surface area contributed by atoms with E-state index >= 15 is 0 Å². The van der Waals surface area contributed by atoms with E-state index in [4.69, 9.17) is 5.73 Å². The molecular formula is C14H22FN3O2S. The summed E-state index contributed by atoms with van der Waals surface area (Å²) in [6, 6.07) is 5.41. The number of hydrogen-bond acceptors (Lipinski definition) is 3. The highest BCUT2D eigenvalue weighted by atomic mass is 32.2. The molecule has 118 valence electrons.